The van der Waals surface area contributed by atoms with E-state index in [4.69, 9.17) is 12.2 Å². The van der Waals surface area contributed by atoms with Crippen molar-refractivity contribution in [1.82, 2.24) is 15.2 Å². The minimum atomic E-state index is -4.34. The van der Waals surface area contributed by atoms with E-state index < -0.39 is 11.7 Å². The van der Waals surface area contributed by atoms with Crippen molar-refractivity contribution < 1.29 is 13.2 Å². The SMILES string of the molecule is FC(F)(F)c1ccc(-c2cn[nH]c(=S)n2)cc1. The van der Waals surface area contributed by atoms with E-state index in [0.717, 1.165) is 12.1 Å². The number of aromatic nitrogens is 3. The van der Waals surface area contributed by atoms with Crippen LogP contribution in [0.25, 0.3) is 11.3 Å². The third kappa shape index (κ3) is 2.68. The van der Waals surface area contributed by atoms with E-state index in [0.29, 0.717) is 11.3 Å². The molecule has 1 aromatic carbocycles. The van der Waals surface area contributed by atoms with Crippen LogP contribution in [0.1, 0.15) is 5.56 Å². The van der Waals surface area contributed by atoms with Gasteiger partial charge >= 0.3 is 6.18 Å². The molecule has 0 unspecified atom stereocenters. The van der Waals surface area contributed by atoms with Gasteiger partial charge in [-0.3, -0.25) is 5.10 Å². The van der Waals surface area contributed by atoms with E-state index in [2.05, 4.69) is 15.2 Å². The first-order chi connectivity index (χ1) is 7.97. The maximum atomic E-state index is 12.3. The van der Waals surface area contributed by atoms with Gasteiger partial charge in [0.2, 0.25) is 4.77 Å². The van der Waals surface area contributed by atoms with Crippen molar-refractivity contribution in [3.8, 4) is 11.3 Å². The van der Waals surface area contributed by atoms with E-state index in [1.807, 2.05) is 0 Å². The molecule has 0 saturated carbocycles. The van der Waals surface area contributed by atoms with Gasteiger partial charge in [-0.1, -0.05) is 12.1 Å². The second-order valence-corrected chi connectivity index (χ2v) is 3.63. The standard InChI is InChI=1S/C10H6F3N3S/c11-10(12,13)7-3-1-6(2-4-7)8-5-14-16-9(17)15-8/h1-5H,(H,15,16,17). The average Bonchev–Trinajstić information content (AvgIpc) is 2.28. The topological polar surface area (TPSA) is 41.6 Å². The summed E-state index contributed by atoms with van der Waals surface area (Å²) < 4.78 is 37.2. The number of nitrogens with zero attached hydrogens (tertiary/aromatic N) is 2. The molecule has 1 heterocycles. The fourth-order valence-electron chi connectivity index (χ4n) is 1.28. The number of alkyl halides is 3. The lowest BCUT2D eigenvalue weighted by atomic mass is 10.1. The van der Waals surface area contributed by atoms with Crippen LogP contribution in [0.15, 0.2) is 30.5 Å². The molecule has 0 spiro atoms. The molecular weight excluding hydrogens is 251 g/mol. The van der Waals surface area contributed by atoms with Gasteiger partial charge in [-0.15, -0.1) is 0 Å². The summed E-state index contributed by atoms with van der Waals surface area (Å²) in [5.41, 5.74) is 0.267. The summed E-state index contributed by atoms with van der Waals surface area (Å²) in [7, 11) is 0. The normalized spacial score (nSPS) is 11.5. The van der Waals surface area contributed by atoms with Crippen LogP contribution in [0, 0.1) is 4.77 Å². The Bertz CT molecular complexity index is 574. The van der Waals surface area contributed by atoms with Gasteiger partial charge in [0, 0.05) is 5.56 Å². The third-order valence-corrected chi connectivity index (χ3v) is 2.26. The molecule has 1 aromatic heterocycles. The summed E-state index contributed by atoms with van der Waals surface area (Å²) in [5, 5.41) is 6.17. The molecule has 3 nitrogen and oxygen atoms in total. The Morgan fingerprint density at radius 3 is 2.29 bits per heavy atom. The minimum absolute atomic E-state index is 0.183. The number of aromatic amines is 1. The van der Waals surface area contributed by atoms with E-state index in [1.165, 1.54) is 18.3 Å². The number of hydrogen-bond donors (Lipinski definition) is 1. The van der Waals surface area contributed by atoms with Gasteiger partial charge in [-0.25, -0.2) is 4.98 Å². The van der Waals surface area contributed by atoms with E-state index in [-0.39, 0.29) is 4.77 Å². The summed E-state index contributed by atoms with van der Waals surface area (Å²) in [6, 6.07) is 4.66. The van der Waals surface area contributed by atoms with Crippen LogP contribution in [0.3, 0.4) is 0 Å². The van der Waals surface area contributed by atoms with Gasteiger partial charge in [0.05, 0.1) is 17.5 Å². The van der Waals surface area contributed by atoms with Gasteiger partial charge in [-0.2, -0.15) is 18.3 Å². The fourth-order valence-corrected chi connectivity index (χ4v) is 1.43. The van der Waals surface area contributed by atoms with E-state index in [9.17, 15) is 13.2 Å². The first-order valence-corrected chi connectivity index (χ1v) is 4.97. The molecule has 2 rings (SSSR count). The van der Waals surface area contributed by atoms with Crippen LogP contribution in [-0.2, 0) is 6.18 Å². The van der Waals surface area contributed by atoms with Crippen LogP contribution in [0.5, 0.6) is 0 Å². The second kappa shape index (κ2) is 4.25. The monoisotopic (exact) mass is 257 g/mol. The van der Waals surface area contributed by atoms with Crippen LogP contribution in [0.4, 0.5) is 13.2 Å². The van der Waals surface area contributed by atoms with Crippen LogP contribution in [-0.4, -0.2) is 15.2 Å². The summed E-state index contributed by atoms with van der Waals surface area (Å²) >= 11 is 4.78. The number of benzene rings is 1. The fraction of sp³-hybridized carbons (Fsp3) is 0.100. The molecule has 0 amide bonds. The summed E-state index contributed by atoms with van der Waals surface area (Å²) in [5.74, 6) is 0. The minimum Gasteiger partial charge on any atom is -0.252 e. The lowest BCUT2D eigenvalue weighted by Crippen LogP contribution is -2.04. The molecule has 7 heteroatoms. The molecule has 17 heavy (non-hydrogen) atoms. The van der Waals surface area contributed by atoms with Crippen molar-refractivity contribution in [1.29, 1.82) is 0 Å². The third-order valence-electron chi connectivity index (χ3n) is 2.08. The smallest absolute Gasteiger partial charge is 0.252 e. The molecule has 1 N–H and O–H groups in total. The molecule has 0 aliphatic rings. The number of halogens is 3. The lowest BCUT2D eigenvalue weighted by molar-refractivity contribution is -0.137. The summed E-state index contributed by atoms with van der Waals surface area (Å²) in [6.07, 6.45) is -2.93. The molecular formula is C10H6F3N3S. The molecule has 0 aliphatic carbocycles. The van der Waals surface area contributed by atoms with E-state index >= 15 is 0 Å². The number of rotatable bonds is 1. The molecule has 0 aliphatic heterocycles. The molecule has 0 bridgehead atoms. The van der Waals surface area contributed by atoms with Crippen molar-refractivity contribution in [3.63, 3.8) is 0 Å². The Balaban J connectivity index is 2.39. The Morgan fingerprint density at radius 1 is 1.12 bits per heavy atom. The highest BCUT2D eigenvalue weighted by molar-refractivity contribution is 7.71. The van der Waals surface area contributed by atoms with Crippen molar-refractivity contribution in [2.45, 2.75) is 6.18 Å². The zero-order valence-electron chi connectivity index (χ0n) is 8.32. The Labute approximate surface area is 99.3 Å². The Morgan fingerprint density at radius 2 is 1.76 bits per heavy atom. The predicted octanol–water partition coefficient (Wildman–Crippen LogP) is 3.22. The van der Waals surface area contributed by atoms with E-state index in [1.54, 1.807) is 0 Å². The Kier molecular flexibility index (Phi) is 2.93. The molecule has 0 atom stereocenters. The largest absolute Gasteiger partial charge is 0.416 e. The predicted molar refractivity (Wildman–Crippen MR) is 57.7 cm³/mol. The zero-order chi connectivity index (χ0) is 12.5. The van der Waals surface area contributed by atoms with Gasteiger partial charge in [0.15, 0.2) is 0 Å². The highest BCUT2D eigenvalue weighted by atomic mass is 32.1. The molecule has 0 radical (unpaired) electrons. The van der Waals surface area contributed by atoms with Crippen molar-refractivity contribution in [3.05, 3.63) is 40.8 Å². The van der Waals surface area contributed by atoms with Gasteiger partial charge in [0.25, 0.3) is 0 Å². The second-order valence-electron chi connectivity index (χ2n) is 3.25. The molecule has 2 aromatic rings. The highest BCUT2D eigenvalue weighted by Crippen LogP contribution is 2.30. The average molecular weight is 257 g/mol. The van der Waals surface area contributed by atoms with Crippen LogP contribution in [0.2, 0.25) is 0 Å². The quantitative estimate of drug-likeness (QED) is 0.797. The van der Waals surface area contributed by atoms with Crippen molar-refractivity contribution in [2.75, 3.05) is 0 Å². The van der Waals surface area contributed by atoms with Crippen LogP contribution < -0.4 is 0 Å². The maximum absolute atomic E-state index is 12.3. The summed E-state index contributed by atoms with van der Waals surface area (Å²) in [4.78, 5) is 3.95. The van der Waals surface area contributed by atoms with Crippen LogP contribution >= 0.6 is 12.2 Å². The number of nitrogens with one attached hydrogen (secondary N) is 1. The zero-order valence-corrected chi connectivity index (χ0v) is 9.14. The highest BCUT2D eigenvalue weighted by Gasteiger charge is 2.29. The van der Waals surface area contributed by atoms with Gasteiger partial charge in [0.1, 0.15) is 0 Å². The number of H-pyrrole nitrogens is 1. The molecule has 88 valence electrons. The Hall–Kier alpha value is -1.76. The maximum Gasteiger partial charge on any atom is 0.416 e. The molecule has 0 fully saturated rings. The van der Waals surface area contributed by atoms with Gasteiger partial charge < -0.3 is 0 Å². The van der Waals surface area contributed by atoms with Crippen molar-refractivity contribution >= 4 is 12.2 Å². The number of hydrogen-bond acceptors (Lipinski definition) is 3. The lowest BCUT2D eigenvalue weighted by Gasteiger charge is -2.06. The first kappa shape index (κ1) is 11.7. The summed E-state index contributed by atoms with van der Waals surface area (Å²) in [6.45, 7) is 0. The van der Waals surface area contributed by atoms with Gasteiger partial charge in [-0.05, 0) is 24.4 Å². The first-order valence-electron chi connectivity index (χ1n) is 4.56. The molecule has 0 saturated heterocycles. The van der Waals surface area contributed by atoms with Crippen molar-refractivity contribution in [2.24, 2.45) is 0 Å².